The summed E-state index contributed by atoms with van der Waals surface area (Å²) < 4.78 is 43.9. The van der Waals surface area contributed by atoms with E-state index >= 15 is 0 Å². The molecule has 1 radical (unpaired) electrons. The topological polar surface area (TPSA) is 39.9 Å². The van der Waals surface area contributed by atoms with Gasteiger partial charge in [0.05, 0.1) is 12.6 Å². The van der Waals surface area contributed by atoms with Gasteiger partial charge in [0, 0.05) is 11.6 Å². The average molecular weight is 327 g/mol. The second kappa shape index (κ2) is 5.17. The molecule has 0 spiro atoms. The van der Waals surface area contributed by atoms with E-state index in [1.165, 1.54) is 19.4 Å². The van der Waals surface area contributed by atoms with Gasteiger partial charge in [-0.1, -0.05) is 11.6 Å². The number of hydrogen-bond donors (Lipinski definition) is 0. The smallest absolute Gasteiger partial charge is 0.435 e. The van der Waals surface area contributed by atoms with Crippen LogP contribution in [0.15, 0.2) is 30.5 Å². The zero-order chi connectivity index (χ0) is 15.9. The Morgan fingerprint density at radius 3 is 2.68 bits per heavy atom. The number of methoxy groups -OCH3 is 1. The molecule has 2 heterocycles. The number of aromatic nitrogens is 3. The molecule has 4 nitrogen and oxygen atoms in total. The predicted octanol–water partition coefficient (Wildman–Crippen LogP) is 3.90. The van der Waals surface area contributed by atoms with E-state index in [4.69, 9.17) is 16.3 Å². The van der Waals surface area contributed by atoms with Crippen LogP contribution in [-0.2, 0) is 6.18 Å². The van der Waals surface area contributed by atoms with Crippen molar-refractivity contribution in [3.63, 3.8) is 0 Å². The first-order valence-corrected chi connectivity index (χ1v) is 6.46. The number of alkyl halides is 3. The summed E-state index contributed by atoms with van der Waals surface area (Å²) in [5.74, 6) is 0.599. The normalized spacial score (nSPS) is 11.9. The fourth-order valence-electron chi connectivity index (χ4n) is 1.94. The Bertz CT molecular complexity index is 845. The number of nitrogens with zero attached hydrogens (tertiary/aromatic N) is 3. The number of rotatable bonds is 2. The van der Waals surface area contributed by atoms with Crippen molar-refractivity contribution in [3.8, 4) is 11.6 Å². The van der Waals surface area contributed by atoms with Crippen molar-refractivity contribution in [1.82, 2.24) is 14.8 Å². The molecule has 0 fully saturated rings. The van der Waals surface area contributed by atoms with Crippen molar-refractivity contribution >= 4 is 22.5 Å². The second-order valence-electron chi connectivity index (χ2n) is 4.38. The molecule has 0 unspecified atom stereocenters. The molecule has 0 aliphatic heterocycles. The summed E-state index contributed by atoms with van der Waals surface area (Å²) in [5.41, 5.74) is -0.617. The van der Waals surface area contributed by atoms with Crippen LogP contribution in [0.5, 0.6) is 5.75 Å². The molecule has 0 bridgehead atoms. The van der Waals surface area contributed by atoms with Crippen LogP contribution in [0, 0.1) is 6.07 Å². The number of halogens is 4. The monoisotopic (exact) mass is 326 g/mol. The van der Waals surface area contributed by atoms with Gasteiger partial charge < -0.3 is 4.74 Å². The van der Waals surface area contributed by atoms with Crippen molar-refractivity contribution in [2.24, 2.45) is 0 Å². The molecular weight excluding hydrogens is 319 g/mol. The summed E-state index contributed by atoms with van der Waals surface area (Å²) in [6.07, 6.45) is -3.33. The van der Waals surface area contributed by atoms with E-state index in [-0.39, 0.29) is 10.8 Å². The largest absolute Gasteiger partial charge is 0.495 e. The van der Waals surface area contributed by atoms with Crippen molar-refractivity contribution in [2.75, 3.05) is 7.11 Å². The molecule has 0 saturated heterocycles. The van der Waals surface area contributed by atoms with E-state index in [2.05, 4.69) is 16.1 Å². The van der Waals surface area contributed by atoms with Gasteiger partial charge in [-0.05, 0) is 30.3 Å². The van der Waals surface area contributed by atoms with E-state index in [1.807, 2.05) is 0 Å². The summed E-state index contributed by atoms with van der Waals surface area (Å²) in [7, 11) is 1.46. The molecule has 0 aliphatic rings. The third-order valence-corrected chi connectivity index (χ3v) is 3.36. The van der Waals surface area contributed by atoms with Crippen LogP contribution in [0.25, 0.3) is 16.7 Å². The summed E-state index contributed by atoms with van der Waals surface area (Å²) in [6.45, 7) is 0. The van der Waals surface area contributed by atoms with Crippen LogP contribution in [-0.4, -0.2) is 21.9 Å². The predicted molar refractivity (Wildman–Crippen MR) is 74.3 cm³/mol. The summed E-state index contributed by atoms with van der Waals surface area (Å²) in [5, 5.41) is 4.35. The van der Waals surface area contributed by atoms with Crippen molar-refractivity contribution in [2.45, 2.75) is 6.18 Å². The maximum atomic E-state index is 12.6. The van der Waals surface area contributed by atoms with Crippen LogP contribution in [0.1, 0.15) is 5.69 Å². The minimum absolute atomic E-state index is 0.179. The van der Waals surface area contributed by atoms with E-state index in [0.717, 1.165) is 10.7 Å². The van der Waals surface area contributed by atoms with Crippen molar-refractivity contribution in [3.05, 3.63) is 47.2 Å². The first-order valence-electron chi connectivity index (χ1n) is 6.08. The molecular formula is C14H8ClF3N3O. The molecule has 22 heavy (non-hydrogen) atoms. The van der Waals surface area contributed by atoms with Gasteiger partial charge in [-0.15, -0.1) is 0 Å². The molecule has 1 aromatic carbocycles. The van der Waals surface area contributed by atoms with E-state index < -0.39 is 11.9 Å². The Hall–Kier alpha value is -2.28. The second-order valence-corrected chi connectivity index (χ2v) is 4.76. The molecule has 2 aromatic heterocycles. The van der Waals surface area contributed by atoms with Crippen LogP contribution in [0.3, 0.4) is 0 Å². The standard InChI is InChI=1S/C14H8ClF3N3O/c1-22-9-4-2-8-3-5-11(19-13(8)12(9)15)21-7-6-10(20-21)14(16,17)18/h2,4-7H,1H3. The minimum Gasteiger partial charge on any atom is -0.495 e. The SMILES string of the molecule is COc1ccc2[c]cc(-n3ccc(C(F)(F)F)n3)nc2c1Cl. The van der Waals surface area contributed by atoms with Gasteiger partial charge in [-0.25, -0.2) is 9.67 Å². The Morgan fingerprint density at radius 2 is 2.05 bits per heavy atom. The molecule has 113 valence electrons. The van der Waals surface area contributed by atoms with Gasteiger partial charge in [0.2, 0.25) is 0 Å². The van der Waals surface area contributed by atoms with Gasteiger partial charge in [0.15, 0.2) is 11.5 Å². The number of hydrogen-bond acceptors (Lipinski definition) is 3. The maximum Gasteiger partial charge on any atom is 0.435 e. The minimum atomic E-state index is -4.51. The maximum absolute atomic E-state index is 12.6. The Morgan fingerprint density at radius 1 is 1.27 bits per heavy atom. The summed E-state index contributed by atoms with van der Waals surface area (Å²) in [6, 6.07) is 8.60. The number of fused-ring (bicyclic) bond motifs is 1. The lowest BCUT2D eigenvalue weighted by atomic mass is 10.2. The van der Waals surface area contributed by atoms with Crippen LogP contribution in [0.2, 0.25) is 5.02 Å². The molecule has 3 aromatic rings. The van der Waals surface area contributed by atoms with Crippen LogP contribution >= 0.6 is 11.6 Å². The summed E-state index contributed by atoms with van der Waals surface area (Å²) in [4.78, 5) is 4.24. The highest BCUT2D eigenvalue weighted by atomic mass is 35.5. The lowest BCUT2D eigenvalue weighted by molar-refractivity contribution is -0.141. The quantitative estimate of drug-likeness (QED) is 0.717. The zero-order valence-electron chi connectivity index (χ0n) is 11.1. The molecule has 8 heteroatoms. The lowest BCUT2D eigenvalue weighted by Gasteiger charge is -2.07. The third-order valence-electron chi connectivity index (χ3n) is 3.00. The van der Waals surface area contributed by atoms with Crippen LogP contribution < -0.4 is 4.74 Å². The Labute approximate surface area is 128 Å². The summed E-state index contributed by atoms with van der Waals surface area (Å²) >= 11 is 6.16. The van der Waals surface area contributed by atoms with Gasteiger partial charge in [-0.3, -0.25) is 0 Å². The molecule has 0 N–H and O–H groups in total. The fraction of sp³-hybridized carbons (Fsp3) is 0.143. The highest BCUT2D eigenvalue weighted by molar-refractivity contribution is 6.36. The highest BCUT2D eigenvalue weighted by Gasteiger charge is 2.33. The zero-order valence-corrected chi connectivity index (χ0v) is 11.9. The van der Waals surface area contributed by atoms with Crippen LogP contribution in [0.4, 0.5) is 13.2 Å². The molecule has 3 rings (SSSR count). The number of pyridine rings is 1. The Balaban J connectivity index is 2.12. The molecule has 0 amide bonds. The van der Waals surface area contributed by atoms with Gasteiger partial charge in [0.25, 0.3) is 0 Å². The first kappa shape index (κ1) is 14.6. The van der Waals surface area contributed by atoms with E-state index in [9.17, 15) is 13.2 Å². The van der Waals surface area contributed by atoms with Gasteiger partial charge in [-0.2, -0.15) is 18.3 Å². The fourth-order valence-corrected chi connectivity index (χ4v) is 2.22. The number of benzene rings is 1. The molecule has 0 saturated carbocycles. The number of ether oxygens (including phenoxy) is 1. The van der Waals surface area contributed by atoms with E-state index in [1.54, 1.807) is 12.1 Å². The molecule has 0 atom stereocenters. The first-order chi connectivity index (χ1) is 10.4. The Kier molecular flexibility index (Phi) is 3.44. The molecule has 0 aliphatic carbocycles. The average Bonchev–Trinajstić information content (AvgIpc) is 2.97. The van der Waals surface area contributed by atoms with E-state index in [0.29, 0.717) is 16.7 Å². The highest BCUT2D eigenvalue weighted by Crippen LogP contribution is 2.32. The van der Waals surface area contributed by atoms with Gasteiger partial charge in [0.1, 0.15) is 10.8 Å². The van der Waals surface area contributed by atoms with Gasteiger partial charge >= 0.3 is 6.18 Å². The van der Waals surface area contributed by atoms with Crippen molar-refractivity contribution < 1.29 is 17.9 Å². The lowest BCUT2D eigenvalue weighted by Crippen LogP contribution is -2.07. The third kappa shape index (κ3) is 2.48. The van der Waals surface area contributed by atoms with Crippen molar-refractivity contribution in [1.29, 1.82) is 0 Å².